The lowest BCUT2D eigenvalue weighted by Gasteiger charge is -2.37. The standard InChI is InChI=1S/C6H11FO6.C6H12O6/c7-13-6-5(11)4(10)3(9)2(1-8)12-6;7-1-2-3(8)4(9)5(10)6(11)12-2/h2-6,8-11H,1H2;2-11H,1H2. The molecule has 10 atom stereocenters. The summed E-state index contributed by atoms with van der Waals surface area (Å²) in [7, 11) is 0. The summed E-state index contributed by atoms with van der Waals surface area (Å²) in [6.45, 7) is -1.13. The van der Waals surface area contributed by atoms with Gasteiger partial charge in [-0.1, -0.05) is 0 Å². The second-order valence-electron chi connectivity index (χ2n) is 5.51. The van der Waals surface area contributed by atoms with E-state index in [-0.39, 0.29) is 0 Å². The van der Waals surface area contributed by atoms with Gasteiger partial charge < -0.3 is 55.4 Å². The summed E-state index contributed by atoms with van der Waals surface area (Å²) in [4.78, 5) is 3.20. The summed E-state index contributed by atoms with van der Waals surface area (Å²) in [5, 5.41) is 80.6. The smallest absolute Gasteiger partial charge is 0.225 e. The molecule has 150 valence electrons. The number of aliphatic hydroxyl groups excluding tert-OH is 9. The van der Waals surface area contributed by atoms with Gasteiger partial charge in [-0.25, -0.2) is 0 Å². The first kappa shape index (κ1) is 22.5. The van der Waals surface area contributed by atoms with Crippen LogP contribution in [0.1, 0.15) is 0 Å². The highest BCUT2D eigenvalue weighted by molar-refractivity contribution is 4.89. The minimum atomic E-state index is -1.68. The molecule has 10 unspecified atom stereocenters. The van der Waals surface area contributed by atoms with Crippen LogP contribution >= 0.6 is 0 Å². The first-order chi connectivity index (χ1) is 11.7. The lowest BCUT2D eigenvalue weighted by Crippen LogP contribution is -2.58. The Bertz CT molecular complexity index is 364. The van der Waals surface area contributed by atoms with Crippen LogP contribution in [0.3, 0.4) is 0 Å². The van der Waals surface area contributed by atoms with Gasteiger partial charge in [0.2, 0.25) is 6.29 Å². The number of rotatable bonds is 3. The van der Waals surface area contributed by atoms with Gasteiger partial charge in [0.1, 0.15) is 48.8 Å². The zero-order chi connectivity index (χ0) is 19.3. The van der Waals surface area contributed by atoms with E-state index < -0.39 is 74.6 Å². The predicted molar refractivity (Wildman–Crippen MR) is 71.9 cm³/mol. The third-order valence-electron chi connectivity index (χ3n) is 3.80. The van der Waals surface area contributed by atoms with Crippen LogP contribution in [0.2, 0.25) is 0 Å². The number of aliphatic hydroxyl groups is 9. The summed E-state index contributed by atoms with van der Waals surface area (Å²) in [6, 6.07) is 0. The molecule has 2 rings (SSSR count). The predicted octanol–water partition coefficient (Wildman–Crippen LogP) is -5.53. The van der Waals surface area contributed by atoms with Crippen molar-refractivity contribution >= 4 is 0 Å². The van der Waals surface area contributed by atoms with Crippen molar-refractivity contribution in [2.45, 2.75) is 61.4 Å². The van der Waals surface area contributed by atoms with Gasteiger partial charge >= 0.3 is 0 Å². The molecule has 0 aromatic heterocycles. The molecular weight excluding hydrogens is 355 g/mol. The summed E-state index contributed by atoms with van der Waals surface area (Å²) in [6.07, 6.45) is -14.6. The van der Waals surface area contributed by atoms with E-state index >= 15 is 0 Å². The van der Waals surface area contributed by atoms with Crippen molar-refractivity contribution in [3.8, 4) is 0 Å². The molecule has 0 aromatic rings. The van der Waals surface area contributed by atoms with Gasteiger partial charge in [0, 0.05) is 0 Å². The number of hydrogen-bond donors (Lipinski definition) is 9. The van der Waals surface area contributed by atoms with Crippen LogP contribution in [0.4, 0.5) is 4.53 Å². The number of hydrogen-bond acceptors (Lipinski definition) is 12. The SMILES string of the molecule is OCC1OC(O)C(O)C(O)C1O.OCC1OC(OF)C(O)C(O)C1O. The minimum absolute atomic E-state index is 0.526. The molecule has 2 aliphatic rings. The average molecular weight is 378 g/mol. The van der Waals surface area contributed by atoms with E-state index in [0.29, 0.717) is 0 Å². The van der Waals surface area contributed by atoms with Crippen LogP contribution in [0.15, 0.2) is 0 Å². The monoisotopic (exact) mass is 378 g/mol. The molecule has 2 fully saturated rings. The van der Waals surface area contributed by atoms with E-state index in [2.05, 4.69) is 14.4 Å². The van der Waals surface area contributed by atoms with Crippen molar-refractivity contribution in [1.29, 1.82) is 0 Å². The third-order valence-corrected chi connectivity index (χ3v) is 3.80. The van der Waals surface area contributed by atoms with Crippen LogP contribution < -0.4 is 0 Å². The van der Waals surface area contributed by atoms with Crippen LogP contribution in [-0.2, 0) is 14.4 Å². The molecule has 2 aliphatic heterocycles. The topological polar surface area (TPSA) is 210 Å². The van der Waals surface area contributed by atoms with E-state index in [1.807, 2.05) is 0 Å². The lowest BCUT2D eigenvalue weighted by molar-refractivity contribution is -0.361. The molecule has 0 aliphatic carbocycles. The van der Waals surface area contributed by atoms with Gasteiger partial charge in [0.15, 0.2) is 6.29 Å². The summed E-state index contributed by atoms with van der Waals surface area (Å²) >= 11 is 0. The van der Waals surface area contributed by atoms with Gasteiger partial charge in [0.25, 0.3) is 0 Å². The maximum absolute atomic E-state index is 11.7. The second kappa shape index (κ2) is 9.96. The molecule has 0 spiro atoms. The maximum atomic E-state index is 11.7. The molecule has 12 nitrogen and oxygen atoms in total. The fourth-order valence-electron chi connectivity index (χ4n) is 2.22. The average Bonchev–Trinajstić information content (AvgIpc) is 2.62. The second-order valence-corrected chi connectivity index (χ2v) is 5.51. The molecule has 0 bridgehead atoms. The van der Waals surface area contributed by atoms with Crippen molar-refractivity contribution in [3.63, 3.8) is 0 Å². The molecule has 9 N–H and O–H groups in total. The van der Waals surface area contributed by atoms with Crippen molar-refractivity contribution < 1.29 is 64.9 Å². The Hall–Kier alpha value is -0.550. The van der Waals surface area contributed by atoms with Crippen molar-refractivity contribution in [2.24, 2.45) is 0 Å². The largest absolute Gasteiger partial charge is 0.394 e. The van der Waals surface area contributed by atoms with Crippen LogP contribution in [0, 0.1) is 0 Å². The van der Waals surface area contributed by atoms with Crippen molar-refractivity contribution in [1.82, 2.24) is 0 Å². The van der Waals surface area contributed by atoms with E-state index in [1.165, 1.54) is 0 Å². The molecular formula is C12H23FO12. The minimum Gasteiger partial charge on any atom is -0.394 e. The summed E-state index contributed by atoms with van der Waals surface area (Å²) in [5.41, 5.74) is 0. The van der Waals surface area contributed by atoms with E-state index in [1.54, 1.807) is 0 Å². The Morgan fingerprint density at radius 2 is 1.08 bits per heavy atom. The van der Waals surface area contributed by atoms with Crippen molar-refractivity contribution in [2.75, 3.05) is 13.2 Å². The highest BCUT2D eigenvalue weighted by Gasteiger charge is 2.44. The zero-order valence-electron chi connectivity index (χ0n) is 12.8. The molecule has 2 heterocycles. The van der Waals surface area contributed by atoms with Gasteiger partial charge in [-0.2, -0.15) is 4.94 Å². The molecule has 0 radical (unpaired) electrons. The van der Waals surface area contributed by atoms with Crippen molar-refractivity contribution in [3.05, 3.63) is 0 Å². The van der Waals surface area contributed by atoms with E-state index in [9.17, 15) is 4.53 Å². The highest BCUT2D eigenvalue weighted by atomic mass is 19.3. The van der Waals surface area contributed by atoms with Gasteiger partial charge in [-0.15, -0.1) is 0 Å². The van der Waals surface area contributed by atoms with Crippen LogP contribution in [-0.4, -0.2) is 121 Å². The number of ether oxygens (including phenoxy) is 2. The molecule has 0 aromatic carbocycles. The van der Waals surface area contributed by atoms with Gasteiger partial charge in [-0.05, 0) is 4.53 Å². The van der Waals surface area contributed by atoms with Gasteiger partial charge in [-0.3, -0.25) is 0 Å². The molecule has 25 heavy (non-hydrogen) atoms. The Morgan fingerprint density at radius 1 is 0.640 bits per heavy atom. The van der Waals surface area contributed by atoms with Crippen LogP contribution in [0.25, 0.3) is 0 Å². The fraction of sp³-hybridized carbons (Fsp3) is 1.00. The summed E-state index contributed by atoms with van der Waals surface area (Å²) in [5.74, 6) is 0. The Balaban J connectivity index is 0.000000251. The normalized spacial score (nSPS) is 47.8. The van der Waals surface area contributed by atoms with Gasteiger partial charge in [0.05, 0.1) is 13.2 Å². The lowest BCUT2D eigenvalue weighted by atomic mass is 9.99. The first-order valence-corrected chi connectivity index (χ1v) is 7.26. The Morgan fingerprint density at radius 3 is 1.52 bits per heavy atom. The Kier molecular flexibility index (Phi) is 8.96. The highest BCUT2D eigenvalue weighted by Crippen LogP contribution is 2.22. The maximum Gasteiger partial charge on any atom is 0.225 e. The molecule has 0 saturated carbocycles. The van der Waals surface area contributed by atoms with Crippen LogP contribution in [0.5, 0.6) is 0 Å². The molecule has 13 heteroatoms. The quantitative estimate of drug-likeness (QED) is 0.225. The zero-order valence-corrected chi connectivity index (χ0v) is 12.8. The Labute approximate surface area is 140 Å². The van der Waals surface area contributed by atoms with E-state index in [4.69, 9.17) is 46.0 Å². The molecule has 0 amide bonds. The van der Waals surface area contributed by atoms with E-state index in [0.717, 1.165) is 0 Å². The number of halogens is 1. The third kappa shape index (κ3) is 5.22. The first-order valence-electron chi connectivity index (χ1n) is 7.26. The summed E-state index contributed by atoms with van der Waals surface area (Å²) < 4.78 is 20.8. The molecule has 2 saturated heterocycles. The fourth-order valence-corrected chi connectivity index (χ4v) is 2.22.